The highest BCUT2D eigenvalue weighted by atomic mass is 35.5. The van der Waals surface area contributed by atoms with Gasteiger partial charge in [0.15, 0.2) is 16.4 Å². The van der Waals surface area contributed by atoms with Crippen LogP contribution in [0.5, 0.6) is 0 Å². The van der Waals surface area contributed by atoms with Crippen LogP contribution in [0.25, 0.3) is 0 Å². The Balaban J connectivity index is 1.64. The van der Waals surface area contributed by atoms with Crippen LogP contribution in [-0.2, 0) is 24.1 Å². The zero-order valence-electron chi connectivity index (χ0n) is 15.3. The minimum absolute atomic E-state index is 0.0524. The number of carbonyl (C=O) groups is 2. The predicted octanol–water partition coefficient (Wildman–Crippen LogP) is 1.27. The number of rotatable bonds is 6. The molecule has 2 unspecified atom stereocenters. The summed E-state index contributed by atoms with van der Waals surface area (Å²) in [5, 5.41) is 0.317. The highest BCUT2D eigenvalue weighted by Crippen LogP contribution is 2.22. The summed E-state index contributed by atoms with van der Waals surface area (Å²) in [4.78, 5) is 26.4. The third kappa shape index (κ3) is 5.15. The van der Waals surface area contributed by atoms with Crippen molar-refractivity contribution in [1.82, 2.24) is 4.90 Å². The van der Waals surface area contributed by atoms with E-state index in [4.69, 9.17) is 26.8 Å². The molecule has 3 rings (SSSR count). The number of hydrogen-bond acceptors (Lipinski definition) is 7. The van der Waals surface area contributed by atoms with Crippen LogP contribution in [0.2, 0.25) is 5.02 Å². The van der Waals surface area contributed by atoms with Gasteiger partial charge in [-0.15, -0.1) is 0 Å². The van der Waals surface area contributed by atoms with Gasteiger partial charge in [-0.25, -0.2) is 13.2 Å². The zero-order valence-corrected chi connectivity index (χ0v) is 16.9. The Labute approximate surface area is 168 Å². The summed E-state index contributed by atoms with van der Waals surface area (Å²) >= 11 is 5.83. The Morgan fingerprint density at radius 1 is 1.32 bits per heavy atom. The minimum Gasteiger partial charge on any atom is -0.452 e. The van der Waals surface area contributed by atoms with E-state index in [0.717, 1.165) is 12.8 Å². The molecule has 1 aromatic rings. The van der Waals surface area contributed by atoms with Gasteiger partial charge in [0, 0.05) is 19.2 Å². The molecular formula is C18H23ClN2O6S. The number of ether oxygens (including phenoxy) is 2. The molecule has 0 saturated carbocycles. The second-order valence-corrected chi connectivity index (χ2v) is 9.69. The standard InChI is InChI=1S/C18H23ClN2O6S/c19-15-4-3-12(8-16(15)20)18(23)27-10-17(22)21(9-14-2-1-6-26-14)13-5-7-28(24,25)11-13/h3-4,8,13-14H,1-2,5-7,9-11,20H2. The highest BCUT2D eigenvalue weighted by Gasteiger charge is 2.36. The molecule has 0 aliphatic carbocycles. The van der Waals surface area contributed by atoms with Crippen molar-refractivity contribution in [3.8, 4) is 0 Å². The van der Waals surface area contributed by atoms with Crippen LogP contribution in [0.15, 0.2) is 18.2 Å². The normalized spacial score (nSPS) is 23.5. The number of nitrogens with zero attached hydrogens (tertiary/aromatic N) is 1. The molecule has 0 aromatic heterocycles. The molecule has 2 saturated heterocycles. The lowest BCUT2D eigenvalue weighted by Gasteiger charge is -2.30. The van der Waals surface area contributed by atoms with Crippen LogP contribution in [0.1, 0.15) is 29.6 Å². The molecule has 154 valence electrons. The number of nitrogen functional groups attached to an aromatic ring is 1. The second-order valence-electron chi connectivity index (χ2n) is 7.05. The van der Waals surface area contributed by atoms with E-state index in [-0.39, 0.29) is 28.9 Å². The molecule has 0 spiro atoms. The van der Waals surface area contributed by atoms with Crippen molar-refractivity contribution in [2.75, 3.05) is 37.0 Å². The van der Waals surface area contributed by atoms with Crippen LogP contribution < -0.4 is 5.73 Å². The Kier molecular flexibility index (Phi) is 6.47. The molecule has 10 heteroatoms. The van der Waals surface area contributed by atoms with Crippen molar-refractivity contribution >= 4 is 39.0 Å². The molecule has 28 heavy (non-hydrogen) atoms. The number of esters is 1. The Morgan fingerprint density at radius 3 is 2.71 bits per heavy atom. The fraction of sp³-hybridized carbons (Fsp3) is 0.556. The van der Waals surface area contributed by atoms with Gasteiger partial charge in [-0.05, 0) is 37.5 Å². The van der Waals surface area contributed by atoms with Gasteiger partial charge in [-0.3, -0.25) is 4.79 Å². The average molecular weight is 431 g/mol. The summed E-state index contributed by atoms with van der Waals surface area (Å²) in [6, 6.07) is 3.89. The summed E-state index contributed by atoms with van der Waals surface area (Å²) in [5.74, 6) is -1.16. The lowest BCUT2D eigenvalue weighted by Crippen LogP contribution is -2.47. The maximum atomic E-state index is 12.7. The molecule has 2 aliphatic heterocycles. The number of nitrogens with two attached hydrogens (primary N) is 1. The van der Waals surface area contributed by atoms with E-state index in [1.54, 1.807) is 0 Å². The number of hydrogen-bond donors (Lipinski definition) is 1. The summed E-state index contributed by atoms with van der Waals surface area (Å²) < 4.78 is 34.4. The maximum absolute atomic E-state index is 12.7. The number of carbonyl (C=O) groups excluding carboxylic acids is 2. The first-order valence-electron chi connectivity index (χ1n) is 9.09. The summed E-state index contributed by atoms with van der Waals surface area (Å²) in [6.45, 7) is 0.442. The van der Waals surface area contributed by atoms with E-state index in [2.05, 4.69) is 0 Å². The Morgan fingerprint density at radius 2 is 2.11 bits per heavy atom. The molecular weight excluding hydrogens is 408 g/mol. The van der Waals surface area contributed by atoms with Crippen molar-refractivity contribution in [2.24, 2.45) is 0 Å². The maximum Gasteiger partial charge on any atom is 0.338 e. The van der Waals surface area contributed by atoms with Crippen molar-refractivity contribution in [1.29, 1.82) is 0 Å². The van der Waals surface area contributed by atoms with E-state index in [9.17, 15) is 18.0 Å². The molecule has 0 bridgehead atoms. The topological polar surface area (TPSA) is 116 Å². The fourth-order valence-corrected chi connectivity index (χ4v) is 5.30. The number of sulfone groups is 1. The lowest BCUT2D eigenvalue weighted by atomic mass is 10.1. The first-order chi connectivity index (χ1) is 13.2. The fourth-order valence-electron chi connectivity index (χ4n) is 3.45. The molecule has 2 atom stereocenters. The van der Waals surface area contributed by atoms with Gasteiger partial charge < -0.3 is 20.1 Å². The predicted molar refractivity (Wildman–Crippen MR) is 104 cm³/mol. The van der Waals surface area contributed by atoms with Crippen LogP contribution in [0.3, 0.4) is 0 Å². The second kappa shape index (κ2) is 8.67. The third-order valence-corrected chi connectivity index (χ3v) is 7.05. The molecule has 2 aliphatic rings. The van der Waals surface area contributed by atoms with E-state index in [0.29, 0.717) is 24.6 Å². The molecule has 2 N–H and O–H groups in total. The molecule has 2 fully saturated rings. The van der Waals surface area contributed by atoms with Crippen LogP contribution in [0.4, 0.5) is 5.69 Å². The van der Waals surface area contributed by atoms with E-state index < -0.39 is 34.4 Å². The van der Waals surface area contributed by atoms with Crippen LogP contribution >= 0.6 is 11.6 Å². The smallest absolute Gasteiger partial charge is 0.338 e. The van der Waals surface area contributed by atoms with Gasteiger partial charge in [0.1, 0.15) is 0 Å². The van der Waals surface area contributed by atoms with Gasteiger partial charge in [0.05, 0.1) is 33.9 Å². The monoisotopic (exact) mass is 430 g/mol. The molecule has 8 nitrogen and oxygen atoms in total. The highest BCUT2D eigenvalue weighted by molar-refractivity contribution is 7.91. The number of amides is 1. The van der Waals surface area contributed by atoms with Crippen molar-refractivity contribution < 1.29 is 27.5 Å². The van der Waals surface area contributed by atoms with Gasteiger partial charge in [0.2, 0.25) is 0 Å². The molecule has 0 radical (unpaired) electrons. The van der Waals surface area contributed by atoms with Gasteiger partial charge in [0.25, 0.3) is 5.91 Å². The summed E-state index contributed by atoms with van der Waals surface area (Å²) in [7, 11) is -3.16. The van der Waals surface area contributed by atoms with Gasteiger partial charge in [-0.2, -0.15) is 0 Å². The molecule has 1 aromatic carbocycles. The van der Waals surface area contributed by atoms with Crippen LogP contribution in [0, 0.1) is 0 Å². The van der Waals surface area contributed by atoms with E-state index in [1.165, 1.54) is 23.1 Å². The zero-order chi connectivity index (χ0) is 20.3. The van der Waals surface area contributed by atoms with Crippen LogP contribution in [-0.4, -0.2) is 68.6 Å². The number of halogens is 1. The SMILES string of the molecule is Nc1cc(C(=O)OCC(=O)N(CC2CCCO2)C2CCS(=O)(=O)C2)ccc1Cl. The molecule has 1 amide bonds. The number of anilines is 1. The number of benzene rings is 1. The third-order valence-electron chi connectivity index (χ3n) is 4.95. The first kappa shape index (κ1) is 20.9. The van der Waals surface area contributed by atoms with E-state index in [1.807, 2.05) is 0 Å². The van der Waals surface area contributed by atoms with E-state index >= 15 is 0 Å². The first-order valence-corrected chi connectivity index (χ1v) is 11.3. The average Bonchev–Trinajstić information content (AvgIpc) is 3.28. The largest absolute Gasteiger partial charge is 0.452 e. The van der Waals surface area contributed by atoms with Crippen molar-refractivity contribution in [3.05, 3.63) is 28.8 Å². The van der Waals surface area contributed by atoms with Gasteiger partial charge in [-0.1, -0.05) is 11.6 Å². The van der Waals surface area contributed by atoms with Crippen molar-refractivity contribution in [2.45, 2.75) is 31.4 Å². The summed E-state index contributed by atoms with van der Waals surface area (Å²) in [6.07, 6.45) is 1.97. The van der Waals surface area contributed by atoms with Crippen molar-refractivity contribution in [3.63, 3.8) is 0 Å². The minimum atomic E-state index is -3.16. The quantitative estimate of drug-likeness (QED) is 0.533. The Hall–Kier alpha value is -1.84. The lowest BCUT2D eigenvalue weighted by molar-refractivity contribution is -0.138. The summed E-state index contributed by atoms with van der Waals surface area (Å²) in [5.41, 5.74) is 6.10. The Bertz CT molecular complexity index is 854. The van der Waals surface area contributed by atoms with Gasteiger partial charge >= 0.3 is 5.97 Å². The molecule has 2 heterocycles.